The summed E-state index contributed by atoms with van der Waals surface area (Å²) in [4.78, 5) is 0. The van der Waals surface area contributed by atoms with Gasteiger partial charge in [-0.3, -0.25) is 0 Å². The first-order valence-corrected chi connectivity index (χ1v) is 6.48. The number of hydrogen-bond acceptors (Lipinski definition) is 1. The van der Waals surface area contributed by atoms with Gasteiger partial charge in [0, 0.05) is 0 Å². The van der Waals surface area contributed by atoms with Crippen molar-refractivity contribution in [1.29, 1.82) is 0 Å². The molecule has 0 aromatic heterocycles. The second-order valence-corrected chi connectivity index (χ2v) is 5.06. The molecule has 0 bridgehead atoms. The highest BCUT2D eigenvalue weighted by atomic mass is 14.9. The van der Waals surface area contributed by atoms with Gasteiger partial charge in [-0.05, 0) is 43.7 Å². The summed E-state index contributed by atoms with van der Waals surface area (Å²) in [6.45, 7) is 9.56. The Morgan fingerprint density at radius 2 is 1.79 bits per heavy atom. The van der Waals surface area contributed by atoms with Gasteiger partial charge < -0.3 is 5.32 Å². The van der Waals surface area contributed by atoms with Crippen LogP contribution in [0.15, 0.2) is 0 Å². The van der Waals surface area contributed by atoms with Crippen LogP contribution >= 0.6 is 0 Å². The van der Waals surface area contributed by atoms with E-state index in [1.165, 1.54) is 45.2 Å². The van der Waals surface area contributed by atoms with Crippen LogP contribution < -0.4 is 5.32 Å². The summed E-state index contributed by atoms with van der Waals surface area (Å²) < 4.78 is 0. The van der Waals surface area contributed by atoms with Crippen molar-refractivity contribution in [3.63, 3.8) is 0 Å². The number of nitrogens with one attached hydrogen (secondary N) is 1. The lowest BCUT2D eigenvalue weighted by Gasteiger charge is -2.19. The number of rotatable bonds is 6. The van der Waals surface area contributed by atoms with E-state index in [1.54, 1.807) is 0 Å². The van der Waals surface area contributed by atoms with Crippen LogP contribution in [0.1, 0.15) is 52.9 Å². The molecule has 3 unspecified atom stereocenters. The fraction of sp³-hybridized carbons (Fsp3) is 1.00. The Balaban J connectivity index is 2.21. The normalized spacial score (nSPS) is 29.4. The zero-order valence-corrected chi connectivity index (χ0v) is 10.2. The number of hydrogen-bond donors (Lipinski definition) is 1. The van der Waals surface area contributed by atoms with Gasteiger partial charge in [0.1, 0.15) is 0 Å². The first-order chi connectivity index (χ1) is 6.77. The predicted octanol–water partition coefficient (Wildman–Crippen LogP) is 3.45. The van der Waals surface area contributed by atoms with E-state index >= 15 is 0 Å². The molecule has 0 aromatic carbocycles. The van der Waals surface area contributed by atoms with Gasteiger partial charge in [0.2, 0.25) is 0 Å². The third-order valence-corrected chi connectivity index (χ3v) is 3.87. The van der Waals surface area contributed by atoms with Gasteiger partial charge in [0.05, 0.1) is 0 Å². The summed E-state index contributed by atoms with van der Waals surface area (Å²) in [5.74, 6) is 2.88. The highest BCUT2D eigenvalue weighted by Crippen LogP contribution is 2.27. The smallest absolute Gasteiger partial charge is 0.00173 e. The molecule has 1 heteroatoms. The van der Waals surface area contributed by atoms with Crippen LogP contribution in [-0.2, 0) is 0 Å². The highest BCUT2D eigenvalue weighted by molar-refractivity contribution is 4.80. The molecule has 1 rings (SSSR count). The maximum Gasteiger partial charge on any atom is -0.00173 e. The fourth-order valence-corrected chi connectivity index (χ4v) is 2.54. The molecule has 0 aromatic rings. The first kappa shape index (κ1) is 12.0. The SMILES string of the molecule is CCCC1CNCC1CCC(C)CC. The van der Waals surface area contributed by atoms with Gasteiger partial charge in [-0.15, -0.1) is 0 Å². The summed E-state index contributed by atoms with van der Waals surface area (Å²) in [5, 5.41) is 3.55. The molecule has 1 aliphatic heterocycles. The largest absolute Gasteiger partial charge is 0.316 e. The Morgan fingerprint density at radius 1 is 1.14 bits per heavy atom. The Morgan fingerprint density at radius 3 is 2.36 bits per heavy atom. The molecule has 0 radical (unpaired) electrons. The van der Waals surface area contributed by atoms with Gasteiger partial charge in [0.15, 0.2) is 0 Å². The minimum absolute atomic E-state index is 0.929. The van der Waals surface area contributed by atoms with Crippen LogP contribution in [0, 0.1) is 17.8 Å². The Kier molecular flexibility index (Phi) is 5.54. The van der Waals surface area contributed by atoms with Crippen LogP contribution in [0.3, 0.4) is 0 Å². The fourth-order valence-electron chi connectivity index (χ4n) is 2.54. The van der Waals surface area contributed by atoms with Crippen LogP contribution in [0.25, 0.3) is 0 Å². The molecular formula is C13H27N. The minimum Gasteiger partial charge on any atom is -0.316 e. The average molecular weight is 197 g/mol. The molecule has 0 spiro atoms. The topological polar surface area (TPSA) is 12.0 Å². The van der Waals surface area contributed by atoms with Crippen LogP contribution in [0.4, 0.5) is 0 Å². The molecule has 1 saturated heterocycles. The Hall–Kier alpha value is -0.0400. The first-order valence-electron chi connectivity index (χ1n) is 6.48. The molecule has 1 N–H and O–H groups in total. The van der Waals surface area contributed by atoms with Gasteiger partial charge in [0.25, 0.3) is 0 Å². The standard InChI is InChI=1S/C13H27N/c1-4-6-12-9-14-10-13(12)8-7-11(3)5-2/h11-14H,4-10H2,1-3H3. The molecule has 0 aliphatic carbocycles. The molecule has 1 nitrogen and oxygen atoms in total. The van der Waals surface area contributed by atoms with E-state index in [9.17, 15) is 0 Å². The zero-order chi connectivity index (χ0) is 10.4. The van der Waals surface area contributed by atoms with Crippen molar-refractivity contribution in [3.8, 4) is 0 Å². The summed E-state index contributed by atoms with van der Waals surface area (Å²) in [5.41, 5.74) is 0. The Bertz CT molecular complexity index is 144. The van der Waals surface area contributed by atoms with Crippen molar-refractivity contribution in [2.45, 2.75) is 52.9 Å². The lowest BCUT2D eigenvalue weighted by molar-refractivity contribution is 0.334. The molecule has 1 fully saturated rings. The van der Waals surface area contributed by atoms with E-state index in [0.717, 1.165) is 17.8 Å². The van der Waals surface area contributed by atoms with E-state index in [-0.39, 0.29) is 0 Å². The molecule has 84 valence electrons. The lowest BCUT2D eigenvalue weighted by atomic mass is 9.86. The third kappa shape index (κ3) is 3.61. The van der Waals surface area contributed by atoms with Crippen molar-refractivity contribution >= 4 is 0 Å². The average Bonchev–Trinajstić information content (AvgIpc) is 2.62. The summed E-state index contributed by atoms with van der Waals surface area (Å²) in [6, 6.07) is 0. The molecule has 0 amide bonds. The molecule has 14 heavy (non-hydrogen) atoms. The summed E-state index contributed by atoms with van der Waals surface area (Å²) in [7, 11) is 0. The lowest BCUT2D eigenvalue weighted by Crippen LogP contribution is -2.13. The van der Waals surface area contributed by atoms with Crippen molar-refractivity contribution in [2.24, 2.45) is 17.8 Å². The van der Waals surface area contributed by atoms with E-state index in [1.807, 2.05) is 0 Å². The van der Waals surface area contributed by atoms with Gasteiger partial charge in [-0.1, -0.05) is 40.0 Å². The quantitative estimate of drug-likeness (QED) is 0.687. The second-order valence-electron chi connectivity index (χ2n) is 5.06. The second kappa shape index (κ2) is 6.44. The molecule has 1 aliphatic rings. The van der Waals surface area contributed by atoms with E-state index in [2.05, 4.69) is 26.1 Å². The maximum atomic E-state index is 3.55. The monoisotopic (exact) mass is 197 g/mol. The van der Waals surface area contributed by atoms with Crippen LogP contribution in [0.5, 0.6) is 0 Å². The summed E-state index contributed by atoms with van der Waals surface area (Å²) in [6.07, 6.45) is 7.01. The third-order valence-electron chi connectivity index (χ3n) is 3.87. The van der Waals surface area contributed by atoms with Gasteiger partial charge in [-0.2, -0.15) is 0 Å². The van der Waals surface area contributed by atoms with Crippen LogP contribution in [-0.4, -0.2) is 13.1 Å². The highest BCUT2D eigenvalue weighted by Gasteiger charge is 2.25. The summed E-state index contributed by atoms with van der Waals surface area (Å²) >= 11 is 0. The predicted molar refractivity (Wildman–Crippen MR) is 63.4 cm³/mol. The van der Waals surface area contributed by atoms with Gasteiger partial charge >= 0.3 is 0 Å². The maximum absolute atomic E-state index is 3.55. The molecule has 0 saturated carbocycles. The van der Waals surface area contributed by atoms with Crippen molar-refractivity contribution < 1.29 is 0 Å². The molecular weight excluding hydrogens is 170 g/mol. The minimum atomic E-state index is 0.929. The van der Waals surface area contributed by atoms with E-state index in [0.29, 0.717) is 0 Å². The van der Waals surface area contributed by atoms with Gasteiger partial charge in [-0.25, -0.2) is 0 Å². The van der Waals surface area contributed by atoms with Crippen LogP contribution in [0.2, 0.25) is 0 Å². The Labute approximate surface area is 89.7 Å². The van der Waals surface area contributed by atoms with E-state index in [4.69, 9.17) is 0 Å². The van der Waals surface area contributed by atoms with E-state index < -0.39 is 0 Å². The van der Waals surface area contributed by atoms with Crippen molar-refractivity contribution in [3.05, 3.63) is 0 Å². The molecule has 1 heterocycles. The van der Waals surface area contributed by atoms with Crippen molar-refractivity contribution in [2.75, 3.05) is 13.1 Å². The van der Waals surface area contributed by atoms with Crippen molar-refractivity contribution in [1.82, 2.24) is 5.32 Å². The zero-order valence-electron chi connectivity index (χ0n) is 10.2. The molecule has 3 atom stereocenters.